The number of nitrogens with one attached hydrogen (secondary N) is 1. The van der Waals surface area contributed by atoms with Crippen LogP contribution in [0.25, 0.3) is 11.0 Å². The fourth-order valence-electron chi connectivity index (χ4n) is 6.72. The van der Waals surface area contributed by atoms with Gasteiger partial charge in [0.15, 0.2) is 11.6 Å². The van der Waals surface area contributed by atoms with E-state index in [9.17, 15) is 19.8 Å². The van der Waals surface area contributed by atoms with Crippen molar-refractivity contribution in [1.82, 2.24) is 44.0 Å². The number of nitrogens with two attached hydrogens (primary N) is 1. The van der Waals surface area contributed by atoms with Gasteiger partial charge in [-0.05, 0) is 60.1 Å². The lowest BCUT2D eigenvalue weighted by Gasteiger charge is -2.28. The Labute approximate surface area is 330 Å². The Morgan fingerprint density at radius 3 is 1.67 bits per heavy atom. The fraction of sp³-hybridized carbons (Fsp3) is 0.400. The number of aromatic nitrogens is 8. The molecular formula is C40H50N12O5. The SMILES string of the molecule is CC(C)c1cnc(C(=O)NC2(CO)CCN(c3nccn4cccc34)C2)nc1.CC(C)c1cnc(C(=O)O)nc1.NC1(CO)CCN(c2nccn3cccc23)C1. The summed E-state index contributed by atoms with van der Waals surface area (Å²) in [6.07, 6.45) is 19.2. The van der Waals surface area contributed by atoms with Crippen molar-refractivity contribution < 1.29 is 24.9 Å². The average Bonchev–Trinajstić information content (AvgIpc) is 4.05. The number of hydrogen-bond acceptors (Lipinski definition) is 13. The van der Waals surface area contributed by atoms with Gasteiger partial charge in [0.2, 0.25) is 11.6 Å². The molecule has 0 bridgehead atoms. The van der Waals surface area contributed by atoms with Gasteiger partial charge in [-0.15, -0.1) is 0 Å². The van der Waals surface area contributed by atoms with Gasteiger partial charge in [-0.25, -0.2) is 34.7 Å². The standard InChI is InChI=1S/C20H24N6O2.C12H16N4O.C8H10N2O2/c1-14(2)15-10-22-17(23-11-15)19(28)24-20(13-27)5-8-26(12-20)18-16-4-3-7-25(16)9-6-21-18;13-12(9-17)3-6-16(8-12)11-10-2-1-5-15(10)7-4-14-11;1-5(2)6-3-9-7(8(11)12)10-4-6/h3-4,6-7,9-11,14,27H,5,8,12-13H2,1-2H3,(H,24,28);1-2,4-5,7,17H,3,6,8-9,13H2;3-5H,1-2H3,(H,11,12). The number of rotatable bonds is 9. The van der Waals surface area contributed by atoms with Gasteiger partial charge < -0.3 is 45.0 Å². The number of carboxylic acid groups (broad SMARTS) is 1. The minimum atomic E-state index is -1.09. The minimum absolute atomic E-state index is 0.0215. The quantitative estimate of drug-likeness (QED) is 0.142. The summed E-state index contributed by atoms with van der Waals surface area (Å²) in [6, 6.07) is 8.01. The molecule has 2 unspecified atom stereocenters. The molecule has 0 aliphatic carbocycles. The van der Waals surface area contributed by atoms with E-state index in [1.54, 1.807) is 37.2 Å². The van der Waals surface area contributed by atoms with E-state index in [4.69, 9.17) is 10.8 Å². The predicted molar refractivity (Wildman–Crippen MR) is 215 cm³/mol. The van der Waals surface area contributed by atoms with Crippen LogP contribution >= 0.6 is 0 Å². The number of aliphatic hydroxyl groups is 2. The Kier molecular flexibility index (Phi) is 12.4. The van der Waals surface area contributed by atoms with Crippen molar-refractivity contribution in [1.29, 1.82) is 0 Å². The van der Waals surface area contributed by atoms with E-state index in [-0.39, 0.29) is 30.8 Å². The summed E-state index contributed by atoms with van der Waals surface area (Å²) in [5.74, 6) is 0.904. The normalized spacial score (nSPS) is 19.1. The molecule has 2 fully saturated rings. The molecule has 2 aliphatic heterocycles. The Hall–Kier alpha value is -6.04. The highest BCUT2D eigenvalue weighted by Crippen LogP contribution is 2.29. The van der Waals surface area contributed by atoms with E-state index in [0.29, 0.717) is 37.9 Å². The number of aromatic carboxylic acids is 1. The topological polar surface area (TPSA) is 226 Å². The van der Waals surface area contributed by atoms with Gasteiger partial charge in [0.1, 0.15) is 0 Å². The number of fused-ring (bicyclic) bond motifs is 2. The van der Waals surface area contributed by atoms with Crippen LogP contribution in [0.5, 0.6) is 0 Å². The molecular weight excluding hydrogens is 729 g/mol. The number of carboxylic acids is 1. The molecule has 8 rings (SSSR count). The van der Waals surface area contributed by atoms with Crippen LogP contribution in [-0.2, 0) is 0 Å². The first-order chi connectivity index (χ1) is 27.3. The maximum absolute atomic E-state index is 12.7. The van der Waals surface area contributed by atoms with Crippen molar-refractivity contribution in [2.24, 2.45) is 5.73 Å². The second kappa shape index (κ2) is 17.4. The first-order valence-electron chi connectivity index (χ1n) is 18.9. The lowest BCUT2D eigenvalue weighted by atomic mass is 10.00. The summed E-state index contributed by atoms with van der Waals surface area (Å²) in [7, 11) is 0. The molecule has 1 amide bonds. The van der Waals surface area contributed by atoms with Crippen molar-refractivity contribution in [2.75, 3.05) is 49.2 Å². The minimum Gasteiger partial charge on any atom is -0.475 e. The van der Waals surface area contributed by atoms with Crippen molar-refractivity contribution in [2.45, 2.75) is 63.5 Å². The molecule has 57 heavy (non-hydrogen) atoms. The molecule has 0 saturated carbocycles. The van der Waals surface area contributed by atoms with Gasteiger partial charge >= 0.3 is 5.97 Å². The maximum atomic E-state index is 12.7. The molecule has 300 valence electrons. The summed E-state index contributed by atoms with van der Waals surface area (Å²) in [5.41, 5.74) is 8.84. The van der Waals surface area contributed by atoms with Crippen molar-refractivity contribution in [3.63, 3.8) is 0 Å². The van der Waals surface area contributed by atoms with E-state index in [1.807, 2.05) is 85.5 Å². The third-order valence-corrected chi connectivity index (χ3v) is 10.3. The van der Waals surface area contributed by atoms with E-state index in [0.717, 1.165) is 46.8 Å². The average molecular weight is 779 g/mol. The number of hydrogen-bond donors (Lipinski definition) is 5. The molecule has 17 heteroatoms. The molecule has 2 atom stereocenters. The zero-order valence-electron chi connectivity index (χ0n) is 32.6. The van der Waals surface area contributed by atoms with E-state index in [2.05, 4.69) is 45.0 Å². The third kappa shape index (κ3) is 9.33. The molecule has 6 N–H and O–H groups in total. The lowest BCUT2D eigenvalue weighted by Crippen LogP contribution is -2.53. The highest BCUT2D eigenvalue weighted by molar-refractivity contribution is 5.91. The first-order valence-corrected chi connectivity index (χ1v) is 18.9. The second-order valence-corrected chi connectivity index (χ2v) is 15.2. The summed E-state index contributed by atoms with van der Waals surface area (Å²) in [4.78, 5) is 52.0. The molecule has 6 aromatic rings. The molecule has 2 aliphatic rings. The van der Waals surface area contributed by atoms with Crippen LogP contribution < -0.4 is 20.9 Å². The predicted octanol–water partition coefficient (Wildman–Crippen LogP) is 3.15. The number of amides is 1. The van der Waals surface area contributed by atoms with Gasteiger partial charge in [0.25, 0.3) is 5.91 Å². The third-order valence-electron chi connectivity index (χ3n) is 10.3. The van der Waals surface area contributed by atoms with Crippen LogP contribution in [0.3, 0.4) is 0 Å². The van der Waals surface area contributed by atoms with E-state index < -0.39 is 17.0 Å². The smallest absolute Gasteiger partial charge is 0.373 e. The van der Waals surface area contributed by atoms with Crippen LogP contribution in [0, 0.1) is 0 Å². The van der Waals surface area contributed by atoms with Gasteiger partial charge in [-0.1, -0.05) is 27.7 Å². The summed E-state index contributed by atoms with van der Waals surface area (Å²) in [6.45, 7) is 10.6. The van der Waals surface area contributed by atoms with Gasteiger partial charge in [0, 0.05) is 88.1 Å². The molecule has 6 aromatic heterocycles. The van der Waals surface area contributed by atoms with Crippen LogP contribution in [0.4, 0.5) is 11.6 Å². The number of carbonyl (C=O) groups is 2. The highest BCUT2D eigenvalue weighted by atomic mass is 16.4. The van der Waals surface area contributed by atoms with E-state index >= 15 is 0 Å². The number of anilines is 2. The van der Waals surface area contributed by atoms with Crippen LogP contribution in [0.15, 0.2) is 86.2 Å². The van der Waals surface area contributed by atoms with Crippen molar-refractivity contribution >= 4 is 34.5 Å². The lowest BCUT2D eigenvalue weighted by molar-refractivity contribution is 0.0683. The Morgan fingerprint density at radius 1 is 0.719 bits per heavy atom. The Bertz CT molecular complexity index is 2280. The zero-order chi connectivity index (χ0) is 40.7. The van der Waals surface area contributed by atoms with Gasteiger partial charge in [-0.3, -0.25) is 4.79 Å². The number of aliphatic hydroxyl groups excluding tert-OH is 2. The molecule has 0 radical (unpaired) electrons. The van der Waals surface area contributed by atoms with Crippen LogP contribution in [-0.4, -0.2) is 116 Å². The Morgan fingerprint density at radius 2 is 1.21 bits per heavy atom. The zero-order valence-corrected chi connectivity index (χ0v) is 32.6. The molecule has 17 nitrogen and oxygen atoms in total. The second-order valence-electron chi connectivity index (χ2n) is 15.2. The Balaban J connectivity index is 0.000000160. The van der Waals surface area contributed by atoms with Crippen LogP contribution in [0.1, 0.15) is 84.7 Å². The first kappa shape index (κ1) is 40.6. The van der Waals surface area contributed by atoms with Gasteiger partial charge in [0.05, 0.1) is 35.3 Å². The summed E-state index contributed by atoms with van der Waals surface area (Å²) < 4.78 is 4.04. The van der Waals surface area contributed by atoms with E-state index in [1.165, 1.54) is 0 Å². The molecule has 0 spiro atoms. The summed E-state index contributed by atoms with van der Waals surface area (Å²) >= 11 is 0. The molecule has 2 saturated heterocycles. The van der Waals surface area contributed by atoms with Crippen LogP contribution in [0.2, 0.25) is 0 Å². The highest BCUT2D eigenvalue weighted by Gasteiger charge is 2.41. The fourth-order valence-corrected chi connectivity index (χ4v) is 6.72. The van der Waals surface area contributed by atoms with Crippen molar-refractivity contribution in [3.05, 3.63) is 109 Å². The monoisotopic (exact) mass is 778 g/mol. The number of carbonyl (C=O) groups excluding carboxylic acids is 1. The maximum Gasteiger partial charge on any atom is 0.373 e. The van der Waals surface area contributed by atoms with Gasteiger partial charge in [-0.2, -0.15) is 0 Å². The largest absolute Gasteiger partial charge is 0.475 e. The number of nitrogens with zero attached hydrogens (tertiary/aromatic N) is 10. The molecule has 0 aromatic carbocycles. The molecule has 8 heterocycles. The van der Waals surface area contributed by atoms with Crippen molar-refractivity contribution in [3.8, 4) is 0 Å². The summed E-state index contributed by atoms with van der Waals surface area (Å²) in [5, 5.41) is 30.8.